The molecule has 2 amide bonds. The van der Waals surface area contributed by atoms with Crippen molar-refractivity contribution in [3.8, 4) is 0 Å². The third kappa shape index (κ3) is 4.08. The first-order valence-electron chi connectivity index (χ1n) is 9.94. The molecule has 0 atom stereocenters. The fraction of sp³-hybridized carbons (Fsp3) is 0.545. The molecule has 27 heavy (non-hydrogen) atoms. The van der Waals surface area contributed by atoms with Gasteiger partial charge in [-0.3, -0.25) is 14.5 Å². The number of amides is 2. The van der Waals surface area contributed by atoms with Gasteiger partial charge >= 0.3 is 0 Å². The molecule has 5 nitrogen and oxygen atoms in total. The molecule has 5 heteroatoms. The van der Waals surface area contributed by atoms with Crippen LogP contribution in [0.15, 0.2) is 23.9 Å². The third-order valence-electron chi connectivity index (χ3n) is 5.23. The molecule has 1 aromatic carbocycles. The van der Waals surface area contributed by atoms with Crippen LogP contribution >= 0.6 is 0 Å². The zero-order valence-corrected chi connectivity index (χ0v) is 16.9. The van der Waals surface area contributed by atoms with E-state index in [0.29, 0.717) is 24.4 Å². The number of carbonyl (C=O) groups excluding carboxylic acids is 2. The summed E-state index contributed by atoms with van der Waals surface area (Å²) in [6, 6.07) is 6.05. The van der Waals surface area contributed by atoms with Gasteiger partial charge in [0, 0.05) is 13.1 Å². The molecule has 1 fully saturated rings. The number of imide groups is 1. The van der Waals surface area contributed by atoms with Gasteiger partial charge in [-0.25, -0.2) is 0 Å². The largest absolute Gasteiger partial charge is 0.377 e. The van der Waals surface area contributed by atoms with Crippen molar-refractivity contribution in [2.75, 3.05) is 26.2 Å². The summed E-state index contributed by atoms with van der Waals surface area (Å²) < 4.78 is 5.58. The summed E-state index contributed by atoms with van der Waals surface area (Å²) in [6.45, 7) is 10.3. The highest BCUT2D eigenvalue weighted by Crippen LogP contribution is 2.34. The lowest BCUT2D eigenvalue weighted by atomic mass is 9.97. The standard InChI is InChI=1S/C22H30N2O3/c1-15(2)27-13-12-24-21(25)19(18-9-8-16(3)14-17(18)4)20(22(24)26)23-10-6-5-7-11-23/h8-9,14-15H,5-7,10-13H2,1-4H3. The molecular formula is C22H30N2O3. The molecule has 0 saturated carbocycles. The molecule has 2 aliphatic rings. The van der Waals surface area contributed by atoms with E-state index >= 15 is 0 Å². The average molecular weight is 370 g/mol. The van der Waals surface area contributed by atoms with Crippen molar-refractivity contribution < 1.29 is 14.3 Å². The number of ether oxygens (including phenoxy) is 1. The van der Waals surface area contributed by atoms with E-state index < -0.39 is 0 Å². The molecule has 0 aliphatic carbocycles. The van der Waals surface area contributed by atoms with Crippen LogP contribution in [0.4, 0.5) is 0 Å². The fourth-order valence-electron chi connectivity index (χ4n) is 3.89. The lowest BCUT2D eigenvalue weighted by Crippen LogP contribution is -2.39. The van der Waals surface area contributed by atoms with Crippen molar-refractivity contribution in [3.63, 3.8) is 0 Å². The first-order chi connectivity index (χ1) is 12.9. The van der Waals surface area contributed by atoms with Crippen LogP contribution in [0.1, 0.15) is 49.8 Å². The van der Waals surface area contributed by atoms with Crippen LogP contribution < -0.4 is 0 Å². The van der Waals surface area contributed by atoms with Gasteiger partial charge in [-0.05, 0) is 58.1 Å². The van der Waals surface area contributed by atoms with E-state index in [-0.39, 0.29) is 17.9 Å². The molecule has 0 bridgehead atoms. The number of piperidine rings is 1. The van der Waals surface area contributed by atoms with Gasteiger partial charge in [-0.1, -0.05) is 23.8 Å². The Hall–Kier alpha value is -2.14. The molecule has 2 aliphatic heterocycles. The fourth-order valence-corrected chi connectivity index (χ4v) is 3.89. The van der Waals surface area contributed by atoms with Gasteiger partial charge in [0.15, 0.2) is 0 Å². The summed E-state index contributed by atoms with van der Waals surface area (Å²) >= 11 is 0. The van der Waals surface area contributed by atoms with Crippen LogP contribution in [0.25, 0.3) is 5.57 Å². The zero-order chi connectivity index (χ0) is 19.6. The molecule has 0 unspecified atom stereocenters. The summed E-state index contributed by atoms with van der Waals surface area (Å²) in [4.78, 5) is 29.9. The minimum absolute atomic E-state index is 0.0751. The lowest BCUT2D eigenvalue weighted by Gasteiger charge is -2.29. The second-order valence-corrected chi connectivity index (χ2v) is 7.77. The molecule has 2 heterocycles. The summed E-state index contributed by atoms with van der Waals surface area (Å²) in [5, 5.41) is 0. The number of carbonyl (C=O) groups is 2. The molecule has 0 radical (unpaired) electrons. The van der Waals surface area contributed by atoms with E-state index in [1.165, 1.54) is 11.3 Å². The number of likely N-dealkylation sites (tertiary alicyclic amines) is 1. The quantitative estimate of drug-likeness (QED) is 0.721. The Bertz CT molecular complexity index is 761. The van der Waals surface area contributed by atoms with E-state index in [1.54, 1.807) is 0 Å². The van der Waals surface area contributed by atoms with Gasteiger partial charge < -0.3 is 9.64 Å². The smallest absolute Gasteiger partial charge is 0.277 e. The van der Waals surface area contributed by atoms with Crippen molar-refractivity contribution >= 4 is 17.4 Å². The summed E-state index contributed by atoms with van der Waals surface area (Å²) in [6.07, 6.45) is 3.37. The van der Waals surface area contributed by atoms with Crippen LogP contribution in [0.5, 0.6) is 0 Å². The SMILES string of the molecule is Cc1ccc(C2=C(N3CCCCC3)C(=O)N(CCOC(C)C)C2=O)c(C)c1. The highest BCUT2D eigenvalue weighted by Gasteiger charge is 2.41. The molecule has 0 aromatic heterocycles. The maximum absolute atomic E-state index is 13.2. The van der Waals surface area contributed by atoms with Crippen LogP contribution in [0, 0.1) is 13.8 Å². The van der Waals surface area contributed by atoms with Gasteiger partial charge in [-0.2, -0.15) is 0 Å². The van der Waals surface area contributed by atoms with Crippen LogP contribution in [0.2, 0.25) is 0 Å². The van der Waals surface area contributed by atoms with Crippen molar-refractivity contribution in [3.05, 3.63) is 40.6 Å². The number of rotatable bonds is 6. The van der Waals surface area contributed by atoms with E-state index in [9.17, 15) is 9.59 Å². The Morgan fingerprint density at radius 3 is 2.37 bits per heavy atom. The second kappa shape index (κ2) is 8.26. The van der Waals surface area contributed by atoms with Gasteiger partial charge in [0.2, 0.25) is 0 Å². The maximum atomic E-state index is 13.2. The maximum Gasteiger partial charge on any atom is 0.277 e. The molecule has 146 valence electrons. The minimum atomic E-state index is -0.195. The van der Waals surface area contributed by atoms with Crippen molar-refractivity contribution in [1.29, 1.82) is 0 Å². The van der Waals surface area contributed by atoms with E-state index in [1.807, 2.05) is 39.8 Å². The number of aryl methyl sites for hydroxylation is 2. The molecule has 0 N–H and O–H groups in total. The predicted molar refractivity (Wildman–Crippen MR) is 106 cm³/mol. The molecule has 1 aromatic rings. The van der Waals surface area contributed by atoms with Gasteiger partial charge in [-0.15, -0.1) is 0 Å². The van der Waals surface area contributed by atoms with E-state index in [4.69, 9.17) is 4.74 Å². The Kier molecular flexibility index (Phi) is 6.00. The summed E-state index contributed by atoms with van der Waals surface area (Å²) in [5.41, 5.74) is 4.18. The van der Waals surface area contributed by atoms with Crippen molar-refractivity contribution in [2.45, 2.75) is 53.1 Å². The third-order valence-corrected chi connectivity index (χ3v) is 5.23. The number of nitrogens with zero attached hydrogens (tertiary/aromatic N) is 2. The van der Waals surface area contributed by atoms with E-state index in [0.717, 1.165) is 42.6 Å². The monoisotopic (exact) mass is 370 g/mol. The highest BCUT2D eigenvalue weighted by atomic mass is 16.5. The Morgan fingerprint density at radius 1 is 1.04 bits per heavy atom. The lowest BCUT2D eigenvalue weighted by molar-refractivity contribution is -0.138. The van der Waals surface area contributed by atoms with Crippen LogP contribution in [-0.2, 0) is 14.3 Å². The normalized spacial score (nSPS) is 18.3. The van der Waals surface area contributed by atoms with Crippen LogP contribution in [-0.4, -0.2) is 54.0 Å². The second-order valence-electron chi connectivity index (χ2n) is 7.77. The Balaban J connectivity index is 1.98. The molecule has 0 spiro atoms. The average Bonchev–Trinajstić information content (AvgIpc) is 2.87. The first-order valence-corrected chi connectivity index (χ1v) is 9.94. The number of hydrogen-bond acceptors (Lipinski definition) is 4. The van der Waals surface area contributed by atoms with E-state index in [2.05, 4.69) is 11.0 Å². The Labute approximate surface area is 162 Å². The topological polar surface area (TPSA) is 49.9 Å². The van der Waals surface area contributed by atoms with Crippen molar-refractivity contribution in [1.82, 2.24) is 9.80 Å². The van der Waals surface area contributed by atoms with Crippen molar-refractivity contribution in [2.24, 2.45) is 0 Å². The predicted octanol–water partition coefficient (Wildman–Crippen LogP) is 3.29. The Morgan fingerprint density at radius 2 is 1.74 bits per heavy atom. The van der Waals surface area contributed by atoms with Gasteiger partial charge in [0.05, 0.1) is 24.8 Å². The molecule has 3 rings (SSSR count). The molecule has 1 saturated heterocycles. The first kappa shape index (κ1) is 19.6. The van der Waals surface area contributed by atoms with Gasteiger partial charge in [0.1, 0.15) is 5.70 Å². The summed E-state index contributed by atoms with van der Waals surface area (Å²) in [7, 11) is 0. The van der Waals surface area contributed by atoms with Crippen LogP contribution in [0.3, 0.4) is 0 Å². The molecular weight excluding hydrogens is 340 g/mol. The zero-order valence-electron chi connectivity index (χ0n) is 16.9. The number of hydrogen-bond donors (Lipinski definition) is 0. The minimum Gasteiger partial charge on any atom is -0.377 e. The highest BCUT2D eigenvalue weighted by molar-refractivity contribution is 6.35. The summed E-state index contributed by atoms with van der Waals surface area (Å²) in [5.74, 6) is -0.371. The number of benzene rings is 1. The van der Waals surface area contributed by atoms with Gasteiger partial charge in [0.25, 0.3) is 11.8 Å².